The number of hydrogen-bond acceptors (Lipinski definition) is 4. The highest BCUT2D eigenvalue weighted by Crippen LogP contribution is 2.30. The van der Waals surface area contributed by atoms with Gasteiger partial charge in [0.1, 0.15) is 23.5 Å². The average Bonchev–Trinajstić information content (AvgIpc) is 3.26. The van der Waals surface area contributed by atoms with Crippen LogP contribution in [-0.2, 0) is 0 Å². The molecule has 2 heterocycles. The van der Waals surface area contributed by atoms with Crippen molar-refractivity contribution >= 4 is 22.5 Å². The Morgan fingerprint density at radius 2 is 1.47 bits per heavy atom. The molecule has 3 aromatic carbocycles. The van der Waals surface area contributed by atoms with Crippen LogP contribution in [0.15, 0.2) is 91.3 Å². The maximum atomic E-state index is 5.24. The highest BCUT2D eigenvalue weighted by atomic mass is 16.5. The molecule has 0 spiro atoms. The summed E-state index contributed by atoms with van der Waals surface area (Å²) in [5.41, 5.74) is 6.18. The molecular weight excluding hydrogens is 372 g/mol. The van der Waals surface area contributed by atoms with Crippen molar-refractivity contribution in [2.75, 3.05) is 12.4 Å². The number of ether oxygens (including phenoxy) is 1. The number of nitrogens with zero attached hydrogens (tertiary/aromatic N) is 2. The lowest BCUT2D eigenvalue weighted by molar-refractivity contribution is 0.415. The Bertz CT molecular complexity index is 1280. The van der Waals surface area contributed by atoms with Gasteiger partial charge in [0.05, 0.1) is 12.5 Å². The van der Waals surface area contributed by atoms with E-state index in [2.05, 4.69) is 62.7 Å². The molecule has 0 saturated heterocycles. The topological polar surface area (TPSA) is 62.8 Å². The monoisotopic (exact) mass is 392 g/mol. The molecule has 5 aromatic rings. The van der Waals surface area contributed by atoms with E-state index in [9.17, 15) is 0 Å². The maximum absolute atomic E-state index is 5.24. The Morgan fingerprint density at radius 3 is 2.20 bits per heavy atom. The summed E-state index contributed by atoms with van der Waals surface area (Å²) in [6, 6.07) is 28.7. The molecule has 0 aliphatic heterocycles. The molecule has 146 valence electrons. The third-order valence-corrected chi connectivity index (χ3v) is 5.08. The average molecular weight is 392 g/mol. The number of aromatic nitrogens is 3. The van der Waals surface area contributed by atoms with Gasteiger partial charge in [0, 0.05) is 11.4 Å². The summed E-state index contributed by atoms with van der Waals surface area (Å²) in [5, 5.41) is 4.36. The number of fused-ring (bicyclic) bond motifs is 1. The van der Waals surface area contributed by atoms with Gasteiger partial charge in [0.2, 0.25) is 0 Å². The predicted octanol–water partition coefficient (Wildman–Crippen LogP) is 6.04. The summed E-state index contributed by atoms with van der Waals surface area (Å²) in [4.78, 5) is 12.2. The van der Waals surface area contributed by atoms with Crippen molar-refractivity contribution in [3.63, 3.8) is 0 Å². The molecule has 5 nitrogen and oxygen atoms in total. The SMILES string of the molecule is COc1ccc(-c2cc3c(Nc4ccc(-c5ccccc5)cc4)ncnc3[nH]2)cc1. The van der Waals surface area contributed by atoms with Crippen molar-refractivity contribution in [1.82, 2.24) is 15.0 Å². The van der Waals surface area contributed by atoms with E-state index in [0.717, 1.165) is 39.5 Å². The molecule has 0 radical (unpaired) electrons. The van der Waals surface area contributed by atoms with E-state index in [0.29, 0.717) is 0 Å². The molecule has 5 heteroatoms. The first-order valence-electron chi connectivity index (χ1n) is 9.71. The van der Waals surface area contributed by atoms with Crippen molar-refractivity contribution in [3.8, 4) is 28.1 Å². The Hall–Kier alpha value is -4.12. The first kappa shape index (κ1) is 17.9. The van der Waals surface area contributed by atoms with E-state index in [1.807, 2.05) is 42.5 Å². The van der Waals surface area contributed by atoms with Crippen LogP contribution in [-0.4, -0.2) is 22.1 Å². The molecule has 0 aliphatic carbocycles. The van der Waals surface area contributed by atoms with Gasteiger partial charge in [-0.25, -0.2) is 9.97 Å². The van der Waals surface area contributed by atoms with Gasteiger partial charge < -0.3 is 15.0 Å². The van der Waals surface area contributed by atoms with Crippen LogP contribution in [0.3, 0.4) is 0 Å². The molecule has 2 aromatic heterocycles. The standard InChI is InChI=1S/C25H20N4O/c1-30-21-13-9-19(10-14-21)23-15-22-24(26-16-27-25(22)29-23)28-20-11-7-18(8-12-20)17-5-3-2-4-6-17/h2-16H,1H3,(H2,26,27,28,29). The highest BCUT2D eigenvalue weighted by Gasteiger charge is 2.10. The fourth-order valence-electron chi connectivity index (χ4n) is 3.48. The predicted molar refractivity (Wildman–Crippen MR) is 121 cm³/mol. The second kappa shape index (κ2) is 7.72. The minimum absolute atomic E-state index is 0.767. The fourth-order valence-corrected chi connectivity index (χ4v) is 3.48. The molecule has 30 heavy (non-hydrogen) atoms. The van der Waals surface area contributed by atoms with Crippen LogP contribution in [0.4, 0.5) is 11.5 Å². The zero-order chi connectivity index (χ0) is 20.3. The van der Waals surface area contributed by atoms with Gasteiger partial charge in [-0.05, 0) is 59.2 Å². The van der Waals surface area contributed by atoms with Crippen LogP contribution in [0.2, 0.25) is 0 Å². The van der Waals surface area contributed by atoms with Crippen molar-refractivity contribution in [1.29, 1.82) is 0 Å². The molecule has 0 atom stereocenters. The number of H-pyrrole nitrogens is 1. The van der Waals surface area contributed by atoms with Gasteiger partial charge in [-0.3, -0.25) is 0 Å². The molecule has 0 bridgehead atoms. The summed E-state index contributed by atoms with van der Waals surface area (Å²) in [6.07, 6.45) is 1.57. The van der Waals surface area contributed by atoms with E-state index in [1.165, 1.54) is 11.1 Å². The highest BCUT2D eigenvalue weighted by molar-refractivity contribution is 5.93. The number of methoxy groups -OCH3 is 1. The van der Waals surface area contributed by atoms with E-state index in [4.69, 9.17) is 4.74 Å². The quantitative estimate of drug-likeness (QED) is 0.382. The van der Waals surface area contributed by atoms with Crippen LogP contribution in [0.1, 0.15) is 0 Å². The van der Waals surface area contributed by atoms with Crippen molar-refractivity contribution in [2.45, 2.75) is 0 Å². The Balaban J connectivity index is 1.43. The zero-order valence-corrected chi connectivity index (χ0v) is 16.5. The van der Waals surface area contributed by atoms with Gasteiger partial charge in [-0.15, -0.1) is 0 Å². The Kier molecular flexibility index (Phi) is 4.62. The largest absolute Gasteiger partial charge is 0.497 e. The number of anilines is 2. The van der Waals surface area contributed by atoms with Crippen molar-refractivity contribution in [3.05, 3.63) is 91.3 Å². The zero-order valence-electron chi connectivity index (χ0n) is 16.5. The summed E-state index contributed by atoms with van der Waals surface area (Å²) in [7, 11) is 1.66. The molecule has 5 rings (SSSR count). The molecule has 0 saturated carbocycles. The van der Waals surface area contributed by atoms with Gasteiger partial charge in [0.25, 0.3) is 0 Å². The van der Waals surface area contributed by atoms with Crippen LogP contribution in [0.5, 0.6) is 5.75 Å². The number of hydrogen-bond donors (Lipinski definition) is 2. The first-order valence-corrected chi connectivity index (χ1v) is 9.71. The van der Waals surface area contributed by atoms with Crippen LogP contribution in [0, 0.1) is 0 Å². The van der Waals surface area contributed by atoms with Crippen LogP contribution < -0.4 is 10.1 Å². The molecule has 2 N–H and O–H groups in total. The van der Waals surface area contributed by atoms with Gasteiger partial charge in [-0.1, -0.05) is 42.5 Å². The molecule has 0 unspecified atom stereocenters. The van der Waals surface area contributed by atoms with Gasteiger partial charge >= 0.3 is 0 Å². The van der Waals surface area contributed by atoms with Gasteiger partial charge in [-0.2, -0.15) is 0 Å². The maximum Gasteiger partial charge on any atom is 0.143 e. The lowest BCUT2D eigenvalue weighted by Gasteiger charge is -2.08. The molecule has 0 amide bonds. The smallest absolute Gasteiger partial charge is 0.143 e. The summed E-state index contributed by atoms with van der Waals surface area (Å²) >= 11 is 0. The van der Waals surface area contributed by atoms with E-state index in [-0.39, 0.29) is 0 Å². The van der Waals surface area contributed by atoms with E-state index in [1.54, 1.807) is 13.4 Å². The minimum atomic E-state index is 0.767. The first-order chi connectivity index (χ1) is 14.8. The number of benzene rings is 3. The van der Waals surface area contributed by atoms with Crippen molar-refractivity contribution < 1.29 is 4.74 Å². The third kappa shape index (κ3) is 3.49. The lowest BCUT2D eigenvalue weighted by Crippen LogP contribution is -1.94. The van der Waals surface area contributed by atoms with Crippen LogP contribution in [0.25, 0.3) is 33.4 Å². The minimum Gasteiger partial charge on any atom is -0.497 e. The Morgan fingerprint density at radius 1 is 0.767 bits per heavy atom. The molecule has 0 aliphatic rings. The lowest BCUT2D eigenvalue weighted by atomic mass is 10.1. The van der Waals surface area contributed by atoms with E-state index < -0.39 is 0 Å². The number of nitrogens with one attached hydrogen (secondary N) is 2. The second-order valence-electron chi connectivity index (χ2n) is 6.96. The third-order valence-electron chi connectivity index (χ3n) is 5.08. The fraction of sp³-hybridized carbons (Fsp3) is 0.0400. The molecule has 0 fully saturated rings. The second-order valence-corrected chi connectivity index (χ2v) is 6.96. The Labute approximate surface area is 174 Å². The summed E-state index contributed by atoms with van der Waals surface area (Å²) in [6.45, 7) is 0. The molecular formula is C25H20N4O. The van der Waals surface area contributed by atoms with Crippen LogP contribution >= 0.6 is 0 Å². The summed E-state index contributed by atoms with van der Waals surface area (Å²) < 4.78 is 5.24. The normalized spacial score (nSPS) is 10.8. The number of rotatable bonds is 5. The summed E-state index contributed by atoms with van der Waals surface area (Å²) in [5.74, 6) is 1.60. The van der Waals surface area contributed by atoms with E-state index >= 15 is 0 Å². The number of aromatic amines is 1. The van der Waals surface area contributed by atoms with Crippen molar-refractivity contribution in [2.24, 2.45) is 0 Å². The van der Waals surface area contributed by atoms with Gasteiger partial charge in [0.15, 0.2) is 0 Å².